The van der Waals surface area contributed by atoms with Gasteiger partial charge in [0.25, 0.3) is 0 Å². The van der Waals surface area contributed by atoms with Gasteiger partial charge in [-0.1, -0.05) is 6.07 Å². The molecule has 0 aliphatic carbocycles. The first-order chi connectivity index (χ1) is 7.27. The largest absolute Gasteiger partial charge is 0.324 e. The van der Waals surface area contributed by atoms with E-state index in [9.17, 15) is 0 Å². The van der Waals surface area contributed by atoms with Gasteiger partial charge in [-0.3, -0.25) is 4.98 Å². The number of piperidine rings is 1. The van der Waals surface area contributed by atoms with Crippen molar-refractivity contribution in [1.29, 1.82) is 0 Å². The number of likely N-dealkylation sites (tertiary alicyclic amines) is 1. The maximum Gasteiger partial charge on any atom is 0.0339 e. The normalized spacial score (nSPS) is 21.5. The summed E-state index contributed by atoms with van der Waals surface area (Å²) in [6.07, 6.45) is 6.09. The van der Waals surface area contributed by atoms with Gasteiger partial charge >= 0.3 is 0 Å². The second kappa shape index (κ2) is 4.73. The summed E-state index contributed by atoms with van der Waals surface area (Å²) in [6.45, 7) is 2.33. The Morgan fingerprint density at radius 3 is 2.80 bits per heavy atom. The van der Waals surface area contributed by atoms with Crippen LogP contribution in [0.2, 0.25) is 0 Å². The molecule has 1 saturated heterocycles. The number of nitrogens with zero attached hydrogens (tertiary/aromatic N) is 2. The van der Waals surface area contributed by atoms with Crippen molar-refractivity contribution < 1.29 is 0 Å². The van der Waals surface area contributed by atoms with Gasteiger partial charge in [-0.2, -0.15) is 0 Å². The Kier molecular flexibility index (Phi) is 3.34. The Morgan fingerprint density at radius 1 is 1.47 bits per heavy atom. The van der Waals surface area contributed by atoms with Gasteiger partial charge in [0.2, 0.25) is 0 Å². The number of hydrogen-bond donors (Lipinski definition) is 1. The van der Waals surface area contributed by atoms with E-state index in [1.54, 1.807) is 6.20 Å². The average molecular weight is 205 g/mol. The van der Waals surface area contributed by atoms with Crippen molar-refractivity contribution in [3.8, 4) is 0 Å². The van der Waals surface area contributed by atoms with Crippen molar-refractivity contribution in [2.45, 2.75) is 18.9 Å². The van der Waals surface area contributed by atoms with E-state index in [1.165, 1.54) is 31.5 Å². The van der Waals surface area contributed by atoms with E-state index < -0.39 is 0 Å². The zero-order chi connectivity index (χ0) is 10.7. The molecule has 3 nitrogen and oxygen atoms in total. The fourth-order valence-electron chi connectivity index (χ4n) is 2.23. The van der Waals surface area contributed by atoms with Crippen molar-refractivity contribution in [2.75, 3.05) is 20.1 Å². The van der Waals surface area contributed by atoms with Crippen molar-refractivity contribution in [3.05, 3.63) is 30.1 Å². The lowest BCUT2D eigenvalue weighted by atomic mass is 9.87. The first-order valence-electron chi connectivity index (χ1n) is 5.61. The minimum Gasteiger partial charge on any atom is -0.324 e. The third kappa shape index (κ3) is 2.55. The molecule has 0 bridgehead atoms. The van der Waals surface area contributed by atoms with E-state index in [-0.39, 0.29) is 6.04 Å². The zero-order valence-corrected chi connectivity index (χ0v) is 9.26. The maximum atomic E-state index is 6.26. The summed E-state index contributed by atoms with van der Waals surface area (Å²) in [7, 11) is 2.17. The van der Waals surface area contributed by atoms with E-state index >= 15 is 0 Å². The molecule has 0 aromatic carbocycles. The third-order valence-electron chi connectivity index (χ3n) is 3.34. The van der Waals surface area contributed by atoms with Crippen LogP contribution in [0.1, 0.15) is 24.4 Å². The third-order valence-corrected chi connectivity index (χ3v) is 3.34. The molecule has 3 heteroatoms. The van der Waals surface area contributed by atoms with E-state index in [4.69, 9.17) is 5.73 Å². The molecule has 2 N–H and O–H groups in total. The fraction of sp³-hybridized carbons (Fsp3) is 0.583. The first kappa shape index (κ1) is 10.6. The molecule has 1 aromatic heterocycles. The molecule has 1 aliphatic heterocycles. The van der Waals surface area contributed by atoms with Gasteiger partial charge in [-0.05, 0) is 50.5 Å². The summed E-state index contributed by atoms with van der Waals surface area (Å²) in [4.78, 5) is 6.49. The highest BCUT2D eigenvalue weighted by atomic mass is 15.1. The van der Waals surface area contributed by atoms with Gasteiger partial charge in [0, 0.05) is 18.4 Å². The van der Waals surface area contributed by atoms with E-state index in [0.29, 0.717) is 5.92 Å². The fourth-order valence-corrected chi connectivity index (χ4v) is 2.23. The second-order valence-corrected chi connectivity index (χ2v) is 4.45. The van der Waals surface area contributed by atoms with Crippen LogP contribution in [0, 0.1) is 5.92 Å². The predicted molar refractivity (Wildman–Crippen MR) is 61.4 cm³/mol. The first-order valence-corrected chi connectivity index (χ1v) is 5.61. The number of hydrogen-bond acceptors (Lipinski definition) is 3. The molecular weight excluding hydrogens is 186 g/mol. The van der Waals surface area contributed by atoms with E-state index in [2.05, 4.69) is 23.0 Å². The standard InChI is InChI=1S/C12H19N3/c1-15-7-4-10(5-8-15)12(13)11-3-2-6-14-9-11/h2-3,6,9-10,12H,4-5,7-8,13H2,1H3/t12-/m0/s1. The van der Waals surface area contributed by atoms with Crippen molar-refractivity contribution >= 4 is 0 Å². The summed E-state index contributed by atoms with van der Waals surface area (Å²) in [5.74, 6) is 0.616. The Morgan fingerprint density at radius 2 is 2.20 bits per heavy atom. The molecule has 0 spiro atoms. The van der Waals surface area contributed by atoms with Crippen molar-refractivity contribution in [1.82, 2.24) is 9.88 Å². The minimum atomic E-state index is 0.160. The lowest BCUT2D eigenvalue weighted by Crippen LogP contribution is -2.35. The van der Waals surface area contributed by atoms with Crippen LogP contribution in [0.25, 0.3) is 0 Å². The number of aromatic nitrogens is 1. The smallest absolute Gasteiger partial charge is 0.0339 e. The molecule has 15 heavy (non-hydrogen) atoms. The lowest BCUT2D eigenvalue weighted by Gasteiger charge is -2.32. The maximum absolute atomic E-state index is 6.26. The van der Waals surface area contributed by atoms with Crippen LogP contribution in [0.3, 0.4) is 0 Å². The summed E-state index contributed by atoms with van der Waals surface area (Å²) < 4.78 is 0. The number of rotatable bonds is 2. The zero-order valence-electron chi connectivity index (χ0n) is 9.26. The van der Waals surface area contributed by atoms with Crippen molar-refractivity contribution in [2.24, 2.45) is 11.7 Å². The molecule has 0 amide bonds. The van der Waals surface area contributed by atoms with Gasteiger partial charge < -0.3 is 10.6 Å². The molecule has 1 aromatic rings. The molecule has 82 valence electrons. The Balaban J connectivity index is 1.99. The predicted octanol–water partition coefficient (Wildman–Crippen LogP) is 1.42. The molecule has 1 aliphatic rings. The number of nitrogens with two attached hydrogens (primary N) is 1. The molecule has 0 unspecified atom stereocenters. The quantitative estimate of drug-likeness (QED) is 0.794. The van der Waals surface area contributed by atoms with Crippen molar-refractivity contribution in [3.63, 3.8) is 0 Å². The Bertz CT molecular complexity index is 291. The van der Waals surface area contributed by atoms with Gasteiger partial charge in [-0.15, -0.1) is 0 Å². The van der Waals surface area contributed by atoms with Crippen LogP contribution in [0.15, 0.2) is 24.5 Å². The molecule has 1 fully saturated rings. The van der Waals surface area contributed by atoms with Crippen LogP contribution in [-0.2, 0) is 0 Å². The van der Waals surface area contributed by atoms with Crippen LogP contribution < -0.4 is 5.73 Å². The summed E-state index contributed by atoms with van der Waals surface area (Å²) in [6, 6.07) is 4.20. The molecule has 1 atom stereocenters. The SMILES string of the molecule is CN1CCC([C@H](N)c2cccnc2)CC1. The van der Waals surface area contributed by atoms with Crippen LogP contribution in [-0.4, -0.2) is 30.0 Å². The van der Waals surface area contributed by atoms with E-state index in [1.807, 2.05) is 12.3 Å². The van der Waals surface area contributed by atoms with Gasteiger partial charge in [-0.25, -0.2) is 0 Å². The molecule has 0 saturated carbocycles. The summed E-state index contributed by atoms with van der Waals surface area (Å²) in [5, 5.41) is 0. The summed E-state index contributed by atoms with van der Waals surface area (Å²) >= 11 is 0. The van der Waals surface area contributed by atoms with Crippen LogP contribution in [0.4, 0.5) is 0 Å². The highest BCUT2D eigenvalue weighted by Gasteiger charge is 2.23. The second-order valence-electron chi connectivity index (χ2n) is 4.45. The van der Waals surface area contributed by atoms with Gasteiger partial charge in [0.15, 0.2) is 0 Å². The monoisotopic (exact) mass is 205 g/mol. The highest BCUT2D eigenvalue weighted by molar-refractivity contribution is 5.14. The molecule has 2 heterocycles. The Hall–Kier alpha value is -0.930. The Labute approximate surface area is 91.3 Å². The topological polar surface area (TPSA) is 42.1 Å². The number of pyridine rings is 1. The molecule has 0 radical (unpaired) electrons. The van der Waals surface area contributed by atoms with Crippen LogP contribution >= 0.6 is 0 Å². The molecule has 2 rings (SSSR count). The molecular formula is C12H19N3. The van der Waals surface area contributed by atoms with Gasteiger partial charge in [0.1, 0.15) is 0 Å². The lowest BCUT2D eigenvalue weighted by molar-refractivity contribution is 0.199. The summed E-state index contributed by atoms with van der Waals surface area (Å²) in [5.41, 5.74) is 7.43. The highest BCUT2D eigenvalue weighted by Crippen LogP contribution is 2.27. The van der Waals surface area contributed by atoms with Gasteiger partial charge in [0.05, 0.1) is 0 Å². The minimum absolute atomic E-state index is 0.160. The van der Waals surface area contributed by atoms with E-state index in [0.717, 1.165) is 0 Å². The van der Waals surface area contributed by atoms with Crippen LogP contribution in [0.5, 0.6) is 0 Å². The average Bonchev–Trinajstić information content (AvgIpc) is 2.30.